The van der Waals surface area contributed by atoms with Crippen LogP contribution in [0.2, 0.25) is 0 Å². The van der Waals surface area contributed by atoms with Crippen LogP contribution in [-0.2, 0) is 16.0 Å². The molecule has 1 aromatic carbocycles. The summed E-state index contributed by atoms with van der Waals surface area (Å²) in [5.74, 6) is 0.331. The van der Waals surface area contributed by atoms with Crippen LogP contribution < -0.4 is 15.5 Å². The van der Waals surface area contributed by atoms with E-state index in [2.05, 4.69) is 17.6 Å². The van der Waals surface area contributed by atoms with Gasteiger partial charge in [0.1, 0.15) is 0 Å². The topological polar surface area (TPSA) is 61.4 Å². The van der Waals surface area contributed by atoms with E-state index in [9.17, 15) is 9.59 Å². The summed E-state index contributed by atoms with van der Waals surface area (Å²) < 4.78 is 0. The normalized spacial score (nSPS) is 24.2. The Morgan fingerprint density at radius 1 is 1.33 bits per heavy atom. The van der Waals surface area contributed by atoms with Crippen molar-refractivity contribution in [2.45, 2.75) is 32.6 Å². The Balaban J connectivity index is 1.54. The first-order valence-electron chi connectivity index (χ1n) is 9.05. The van der Waals surface area contributed by atoms with Gasteiger partial charge in [0.25, 0.3) is 0 Å². The first-order chi connectivity index (χ1) is 11.7. The maximum absolute atomic E-state index is 12.4. The van der Waals surface area contributed by atoms with Gasteiger partial charge in [-0.2, -0.15) is 0 Å². The molecule has 2 aliphatic heterocycles. The fraction of sp³-hybridized carbons (Fsp3) is 0.579. The first-order valence-corrected chi connectivity index (χ1v) is 9.05. The molecule has 5 heteroatoms. The summed E-state index contributed by atoms with van der Waals surface area (Å²) in [6, 6.07) is 8.05. The minimum absolute atomic E-state index is 0.0154. The minimum atomic E-state index is -0.236. The number of benzene rings is 1. The Bertz CT molecular complexity index is 579. The standard InChI is InChI=1S/C19H27N3O2/c1-2-14-5-7-17(8-6-14)22-13-16(10-18(22)23)19(24)21-12-15-4-3-9-20-11-15/h5-8,15-16,20H,2-4,9-13H2,1H3,(H,21,24). The average Bonchev–Trinajstić information content (AvgIpc) is 3.02. The number of carbonyl (C=O) groups excluding carboxylic acids is 2. The lowest BCUT2D eigenvalue weighted by atomic mass is 9.99. The van der Waals surface area contributed by atoms with Crippen molar-refractivity contribution in [2.75, 3.05) is 31.1 Å². The van der Waals surface area contributed by atoms with Gasteiger partial charge in [0.2, 0.25) is 11.8 Å². The van der Waals surface area contributed by atoms with Gasteiger partial charge in [0.05, 0.1) is 5.92 Å². The Hall–Kier alpha value is -1.88. The molecule has 3 rings (SSSR count). The number of carbonyl (C=O) groups is 2. The molecular formula is C19H27N3O2. The molecule has 0 saturated carbocycles. The monoisotopic (exact) mass is 329 g/mol. The van der Waals surface area contributed by atoms with Crippen LogP contribution in [0, 0.1) is 11.8 Å². The summed E-state index contributed by atoms with van der Waals surface area (Å²) in [5.41, 5.74) is 2.14. The summed E-state index contributed by atoms with van der Waals surface area (Å²) >= 11 is 0. The zero-order valence-electron chi connectivity index (χ0n) is 14.4. The summed E-state index contributed by atoms with van der Waals surface area (Å²) in [6.45, 7) is 5.35. The van der Waals surface area contributed by atoms with Gasteiger partial charge in [-0.05, 0) is 56.0 Å². The van der Waals surface area contributed by atoms with Gasteiger partial charge in [-0.25, -0.2) is 0 Å². The van der Waals surface area contributed by atoms with Crippen molar-refractivity contribution in [3.05, 3.63) is 29.8 Å². The highest BCUT2D eigenvalue weighted by atomic mass is 16.2. The van der Waals surface area contributed by atoms with Crippen LogP contribution in [0.4, 0.5) is 5.69 Å². The fourth-order valence-electron chi connectivity index (χ4n) is 3.53. The maximum Gasteiger partial charge on any atom is 0.227 e. The van der Waals surface area contributed by atoms with Crippen molar-refractivity contribution in [2.24, 2.45) is 11.8 Å². The van der Waals surface area contributed by atoms with Gasteiger partial charge in [-0.3, -0.25) is 9.59 Å². The van der Waals surface area contributed by atoms with Gasteiger partial charge >= 0.3 is 0 Å². The van der Waals surface area contributed by atoms with Crippen molar-refractivity contribution in [1.82, 2.24) is 10.6 Å². The fourth-order valence-corrected chi connectivity index (χ4v) is 3.53. The highest BCUT2D eigenvalue weighted by Gasteiger charge is 2.35. The number of nitrogens with one attached hydrogen (secondary N) is 2. The lowest BCUT2D eigenvalue weighted by molar-refractivity contribution is -0.126. The molecule has 5 nitrogen and oxygen atoms in total. The van der Waals surface area contributed by atoms with E-state index in [1.54, 1.807) is 4.90 Å². The number of nitrogens with zero attached hydrogens (tertiary/aromatic N) is 1. The molecule has 2 fully saturated rings. The Labute approximate surface area is 143 Å². The average molecular weight is 329 g/mol. The van der Waals surface area contributed by atoms with E-state index in [0.29, 0.717) is 25.4 Å². The largest absolute Gasteiger partial charge is 0.355 e. The molecule has 0 radical (unpaired) electrons. The van der Waals surface area contributed by atoms with Crippen LogP contribution in [0.5, 0.6) is 0 Å². The van der Waals surface area contributed by atoms with Crippen LogP contribution in [0.15, 0.2) is 24.3 Å². The minimum Gasteiger partial charge on any atom is -0.355 e. The molecule has 2 saturated heterocycles. The third-order valence-electron chi connectivity index (χ3n) is 5.12. The zero-order valence-corrected chi connectivity index (χ0v) is 14.4. The second-order valence-electron chi connectivity index (χ2n) is 6.88. The Morgan fingerprint density at radius 2 is 2.12 bits per heavy atom. The van der Waals surface area contributed by atoms with Gasteiger partial charge in [0, 0.05) is 25.2 Å². The predicted octanol–water partition coefficient (Wildman–Crippen LogP) is 1.72. The van der Waals surface area contributed by atoms with Crippen LogP contribution in [-0.4, -0.2) is 38.0 Å². The van der Waals surface area contributed by atoms with Crippen molar-refractivity contribution in [1.29, 1.82) is 0 Å². The molecule has 0 aromatic heterocycles. The van der Waals surface area contributed by atoms with E-state index in [1.165, 1.54) is 12.0 Å². The number of amides is 2. The van der Waals surface area contributed by atoms with E-state index < -0.39 is 0 Å². The zero-order chi connectivity index (χ0) is 16.9. The van der Waals surface area contributed by atoms with E-state index in [4.69, 9.17) is 0 Å². The summed E-state index contributed by atoms with van der Waals surface area (Å²) in [6.07, 6.45) is 3.62. The lowest BCUT2D eigenvalue weighted by Crippen LogP contribution is -2.40. The Kier molecular flexibility index (Phi) is 5.51. The summed E-state index contributed by atoms with van der Waals surface area (Å²) in [7, 11) is 0. The maximum atomic E-state index is 12.4. The van der Waals surface area contributed by atoms with E-state index >= 15 is 0 Å². The van der Waals surface area contributed by atoms with Gasteiger partial charge in [-0.15, -0.1) is 0 Å². The first kappa shape index (κ1) is 17.0. The predicted molar refractivity (Wildman–Crippen MR) is 94.9 cm³/mol. The van der Waals surface area contributed by atoms with Crippen molar-refractivity contribution < 1.29 is 9.59 Å². The molecule has 2 heterocycles. The van der Waals surface area contributed by atoms with Crippen LogP contribution in [0.1, 0.15) is 31.7 Å². The highest BCUT2D eigenvalue weighted by molar-refractivity contribution is 6.00. The van der Waals surface area contributed by atoms with E-state index in [0.717, 1.165) is 31.6 Å². The SMILES string of the molecule is CCc1ccc(N2CC(C(=O)NCC3CCCNC3)CC2=O)cc1. The van der Waals surface area contributed by atoms with Crippen LogP contribution in [0.3, 0.4) is 0 Å². The number of rotatable bonds is 5. The molecule has 1 aromatic rings. The number of piperidine rings is 1. The summed E-state index contributed by atoms with van der Waals surface area (Å²) in [5, 5.41) is 6.41. The molecular weight excluding hydrogens is 302 g/mol. The van der Waals surface area contributed by atoms with Crippen molar-refractivity contribution in [3.8, 4) is 0 Å². The van der Waals surface area contributed by atoms with Gasteiger partial charge < -0.3 is 15.5 Å². The Morgan fingerprint density at radius 3 is 2.79 bits per heavy atom. The van der Waals surface area contributed by atoms with E-state index in [-0.39, 0.29) is 17.7 Å². The van der Waals surface area contributed by atoms with Crippen LogP contribution >= 0.6 is 0 Å². The molecule has 0 bridgehead atoms. The number of aryl methyl sites for hydroxylation is 1. The molecule has 24 heavy (non-hydrogen) atoms. The number of hydrogen-bond donors (Lipinski definition) is 2. The second kappa shape index (κ2) is 7.79. The third-order valence-corrected chi connectivity index (χ3v) is 5.12. The smallest absolute Gasteiger partial charge is 0.227 e. The van der Waals surface area contributed by atoms with Crippen LogP contribution in [0.25, 0.3) is 0 Å². The molecule has 0 aliphatic carbocycles. The van der Waals surface area contributed by atoms with Crippen molar-refractivity contribution >= 4 is 17.5 Å². The number of anilines is 1. The molecule has 130 valence electrons. The van der Waals surface area contributed by atoms with Crippen molar-refractivity contribution in [3.63, 3.8) is 0 Å². The van der Waals surface area contributed by atoms with E-state index in [1.807, 2.05) is 24.3 Å². The molecule has 2 N–H and O–H groups in total. The summed E-state index contributed by atoms with van der Waals surface area (Å²) in [4.78, 5) is 26.4. The highest BCUT2D eigenvalue weighted by Crippen LogP contribution is 2.25. The second-order valence-corrected chi connectivity index (χ2v) is 6.88. The van der Waals surface area contributed by atoms with Gasteiger partial charge in [0.15, 0.2) is 0 Å². The quantitative estimate of drug-likeness (QED) is 0.865. The third kappa shape index (κ3) is 3.96. The molecule has 2 unspecified atom stereocenters. The molecule has 2 aliphatic rings. The molecule has 2 amide bonds. The van der Waals surface area contributed by atoms with Gasteiger partial charge in [-0.1, -0.05) is 19.1 Å². The lowest BCUT2D eigenvalue weighted by Gasteiger charge is -2.23. The number of hydrogen-bond acceptors (Lipinski definition) is 3. The molecule has 0 spiro atoms. The molecule has 2 atom stereocenters.